The molecule has 0 bridgehead atoms. The quantitative estimate of drug-likeness (QED) is 0.827. The second-order valence-electron chi connectivity index (χ2n) is 3.49. The molecular formula is C12H14N2OS. The second kappa shape index (κ2) is 5.09. The van der Waals surface area contributed by atoms with Gasteiger partial charge in [0.25, 0.3) is 0 Å². The number of aromatic nitrogens is 1. The van der Waals surface area contributed by atoms with Crippen LogP contribution in [0.25, 0.3) is 11.3 Å². The molecule has 0 atom stereocenters. The molecule has 0 aliphatic carbocycles. The number of hydrogen-bond donors (Lipinski definition) is 1. The normalized spacial score (nSPS) is 10.6. The van der Waals surface area contributed by atoms with E-state index >= 15 is 0 Å². The van der Waals surface area contributed by atoms with Gasteiger partial charge in [-0.2, -0.15) is 0 Å². The fourth-order valence-corrected chi connectivity index (χ4v) is 2.19. The smallest absolute Gasteiger partial charge is 0.0955 e. The highest BCUT2D eigenvalue weighted by Gasteiger charge is 2.03. The van der Waals surface area contributed by atoms with Gasteiger partial charge in [-0.05, 0) is 12.1 Å². The van der Waals surface area contributed by atoms with E-state index in [4.69, 9.17) is 10.5 Å². The first-order valence-electron chi connectivity index (χ1n) is 5.09. The third-order valence-electron chi connectivity index (χ3n) is 2.28. The van der Waals surface area contributed by atoms with Gasteiger partial charge in [-0.25, -0.2) is 4.98 Å². The Morgan fingerprint density at radius 1 is 1.31 bits per heavy atom. The molecule has 16 heavy (non-hydrogen) atoms. The lowest BCUT2D eigenvalue weighted by molar-refractivity contribution is 0.202. The first-order chi connectivity index (χ1) is 7.79. The summed E-state index contributed by atoms with van der Waals surface area (Å²) in [5, 5.41) is 3.17. The highest BCUT2D eigenvalue weighted by atomic mass is 32.1. The van der Waals surface area contributed by atoms with Crippen LogP contribution in [0.15, 0.2) is 29.6 Å². The number of nitrogen functional groups attached to an aromatic ring is 1. The molecule has 4 heteroatoms. The van der Waals surface area contributed by atoms with Crippen molar-refractivity contribution in [2.24, 2.45) is 0 Å². The maximum atomic E-state index is 5.64. The molecule has 0 fully saturated rings. The zero-order valence-corrected chi connectivity index (χ0v) is 9.96. The van der Waals surface area contributed by atoms with Gasteiger partial charge in [-0.3, -0.25) is 0 Å². The molecule has 1 aromatic carbocycles. The lowest BCUT2D eigenvalue weighted by Crippen LogP contribution is -1.93. The summed E-state index contributed by atoms with van der Waals surface area (Å²) in [5.74, 6) is 0. The lowest BCUT2D eigenvalue weighted by Gasteiger charge is -1.97. The van der Waals surface area contributed by atoms with Gasteiger partial charge < -0.3 is 10.5 Å². The van der Waals surface area contributed by atoms with Crippen LogP contribution < -0.4 is 5.73 Å². The van der Waals surface area contributed by atoms with Crippen molar-refractivity contribution in [2.75, 3.05) is 19.5 Å². The predicted molar refractivity (Wildman–Crippen MR) is 67.5 cm³/mol. The van der Waals surface area contributed by atoms with Crippen LogP contribution in [0.3, 0.4) is 0 Å². The van der Waals surface area contributed by atoms with Crippen LogP contribution in [0.1, 0.15) is 5.01 Å². The van der Waals surface area contributed by atoms with E-state index in [2.05, 4.69) is 10.4 Å². The average molecular weight is 234 g/mol. The molecule has 0 saturated heterocycles. The van der Waals surface area contributed by atoms with Crippen LogP contribution in [-0.2, 0) is 11.2 Å². The number of thiazole rings is 1. The number of nitrogens with zero attached hydrogens (tertiary/aromatic N) is 1. The summed E-state index contributed by atoms with van der Waals surface area (Å²) in [4.78, 5) is 4.55. The lowest BCUT2D eigenvalue weighted by atomic mass is 10.1. The SMILES string of the molecule is COCCc1nc(-c2ccc(N)cc2)cs1. The molecule has 2 N–H and O–H groups in total. The number of methoxy groups -OCH3 is 1. The highest BCUT2D eigenvalue weighted by Crippen LogP contribution is 2.22. The molecule has 0 radical (unpaired) electrons. The molecule has 0 saturated carbocycles. The van der Waals surface area contributed by atoms with Gasteiger partial charge in [0.15, 0.2) is 0 Å². The van der Waals surface area contributed by atoms with Crippen molar-refractivity contribution in [3.05, 3.63) is 34.7 Å². The molecule has 0 amide bonds. The summed E-state index contributed by atoms with van der Waals surface area (Å²) in [5.41, 5.74) is 8.53. The molecule has 2 aromatic rings. The number of hydrogen-bond acceptors (Lipinski definition) is 4. The number of anilines is 1. The Hall–Kier alpha value is -1.39. The number of nitrogens with two attached hydrogens (primary N) is 1. The van der Waals surface area contributed by atoms with Gasteiger partial charge >= 0.3 is 0 Å². The van der Waals surface area contributed by atoms with Crippen molar-refractivity contribution in [3.8, 4) is 11.3 Å². The summed E-state index contributed by atoms with van der Waals surface area (Å²) >= 11 is 1.67. The molecule has 84 valence electrons. The predicted octanol–water partition coefficient (Wildman–Crippen LogP) is 2.58. The van der Waals surface area contributed by atoms with Crippen LogP contribution in [0.5, 0.6) is 0 Å². The largest absolute Gasteiger partial charge is 0.399 e. The minimum atomic E-state index is 0.717. The Morgan fingerprint density at radius 2 is 2.06 bits per heavy atom. The van der Waals surface area contributed by atoms with Crippen LogP contribution in [0.2, 0.25) is 0 Å². The van der Waals surface area contributed by atoms with Gasteiger partial charge in [-0.15, -0.1) is 11.3 Å². The molecule has 3 nitrogen and oxygen atoms in total. The Balaban J connectivity index is 2.15. The first kappa shape index (κ1) is 11.1. The minimum absolute atomic E-state index is 0.717. The maximum absolute atomic E-state index is 5.64. The van der Waals surface area contributed by atoms with Crippen LogP contribution in [0, 0.1) is 0 Å². The van der Waals surface area contributed by atoms with E-state index in [1.165, 1.54) is 0 Å². The first-order valence-corrected chi connectivity index (χ1v) is 5.97. The van der Waals surface area contributed by atoms with Crippen LogP contribution in [0.4, 0.5) is 5.69 Å². The summed E-state index contributed by atoms with van der Waals surface area (Å²) in [6.45, 7) is 0.717. The molecule has 1 heterocycles. The minimum Gasteiger partial charge on any atom is -0.399 e. The van der Waals surface area contributed by atoms with Crippen molar-refractivity contribution < 1.29 is 4.74 Å². The third kappa shape index (κ3) is 2.59. The van der Waals surface area contributed by atoms with Gasteiger partial charge in [-0.1, -0.05) is 12.1 Å². The summed E-state index contributed by atoms with van der Waals surface area (Å²) in [6, 6.07) is 7.77. The van der Waals surface area contributed by atoms with E-state index in [1.807, 2.05) is 24.3 Å². The highest BCUT2D eigenvalue weighted by molar-refractivity contribution is 7.09. The van der Waals surface area contributed by atoms with E-state index in [-0.39, 0.29) is 0 Å². The Bertz CT molecular complexity index is 450. The zero-order valence-electron chi connectivity index (χ0n) is 9.14. The van der Waals surface area contributed by atoms with Gasteiger partial charge in [0, 0.05) is 30.2 Å². The second-order valence-corrected chi connectivity index (χ2v) is 4.43. The third-order valence-corrected chi connectivity index (χ3v) is 3.19. The van der Waals surface area contributed by atoms with Gasteiger partial charge in [0.1, 0.15) is 0 Å². The summed E-state index contributed by atoms with van der Waals surface area (Å²) in [6.07, 6.45) is 0.871. The molecule has 0 unspecified atom stereocenters. The fraction of sp³-hybridized carbons (Fsp3) is 0.250. The van der Waals surface area contributed by atoms with E-state index in [0.717, 1.165) is 28.4 Å². The Labute approximate surface area is 98.9 Å². The fourth-order valence-electron chi connectivity index (χ4n) is 1.40. The van der Waals surface area contributed by atoms with Crippen LogP contribution >= 0.6 is 11.3 Å². The zero-order chi connectivity index (χ0) is 11.4. The molecular weight excluding hydrogens is 220 g/mol. The van der Waals surface area contributed by atoms with Crippen molar-refractivity contribution in [1.82, 2.24) is 4.98 Å². The van der Waals surface area contributed by atoms with Crippen molar-refractivity contribution in [1.29, 1.82) is 0 Å². The molecule has 1 aromatic heterocycles. The maximum Gasteiger partial charge on any atom is 0.0955 e. The number of benzene rings is 1. The van der Waals surface area contributed by atoms with E-state index in [0.29, 0.717) is 6.61 Å². The summed E-state index contributed by atoms with van der Waals surface area (Å²) in [7, 11) is 1.70. The van der Waals surface area contributed by atoms with Crippen molar-refractivity contribution >= 4 is 17.0 Å². The standard InChI is InChI=1S/C12H14N2OS/c1-15-7-6-12-14-11(8-16-12)9-2-4-10(13)5-3-9/h2-5,8H,6-7,13H2,1H3. The van der Waals surface area contributed by atoms with Crippen molar-refractivity contribution in [2.45, 2.75) is 6.42 Å². The molecule has 0 aliphatic rings. The van der Waals surface area contributed by atoms with Gasteiger partial charge in [0.2, 0.25) is 0 Å². The van der Waals surface area contributed by atoms with E-state index in [1.54, 1.807) is 18.4 Å². The molecule has 2 rings (SSSR count). The molecule has 0 aliphatic heterocycles. The Kier molecular flexibility index (Phi) is 3.54. The molecule has 0 spiro atoms. The summed E-state index contributed by atoms with van der Waals surface area (Å²) < 4.78 is 5.03. The van der Waals surface area contributed by atoms with Crippen LogP contribution in [-0.4, -0.2) is 18.7 Å². The van der Waals surface area contributed by atoms with E-state index in [9.17, 15) is 0 Å². The van der Waals surface area contributed by atoms with Crippen molar-refractivity contribution in [3.63, 3.8) is 0 Å². The Morgan fingerprint density at radius 3 is 2.75 bits per heavy atom. The average Bonchev–Trinajstić information content (AvgIpc) is 2.76. The van der Waals surface area contributed by atoms with E-state index < -0.39 is 0 Å². The number of rotatable bonds is 4. The topological polar surface area (TPSA) is 48.1 Å². The van der Waals surface area contributed by atoms with Gasteiger partial charge in [0.05, 0.1) is 17.3 Å². The monoisotopic (exact) mass is 234 g/mol. The number of ether oxygens (including phenoxy) is 1.